The minimum absolute atomic E-state index is 0.535. The molecule has 0 amide bonds. The van der Waals surface area contributed by atoms with Gasteiger partial charge in [-0.05, 0) is 56.7 Å². The number of rotatable bonds is 8. The molecule has 0 saturated heterocycles. The highest BCUT2D eigenvalue weighted by Gasteiger charge is 2.13. The standard InChI is InChI=1S/C19H29N3/c1-14(2)19(12-17-9-7-15(3)8-10-17)20-11-5-6-18-13-21-22-16(18)4/h7-10,13-14,19-20H,5-6,11-12H2,1-4H3,(H,21,22). The van der Waals surface area contributed by atoms with Crippen molar-refractivity contribution < 1.29 is 0 Å². The first-order chi connectivity index (χ1) is 10.6. The van der Waals surface area contributed by atoms with Crippen LogP contribution >= 0.6 is 0 Å². The van der Waals surface area contributed by atoms with Gasteiger partial charge in [0, 0.05) is 11.7 Å². The molecule has 1 atom stereocenters. The van der Waals surface area contributed by atoms with Crippen LogP contribution in [-0.2, 0) is 12.8 Å². The maximum Gasteiger partial charge on any atom is 0.0522 e. The number of hydrogen-bond acceptors (Lipinski definition) is 2. The number of benzene rings is 1. The summed E-state index contributed by atoms with van der Waals surface area (Å²) >= 11 is 0. The average molecular weight is 299 g/mol. The monoisotopic (exact) mass is 299 g/mol. The van der Waals surface area contributed by atoms with Crippen molar-refractivity contribution in [3.05, 3.63) is 52.8 Å². The number of aryl methyl sites for hydroxylation is 3. The highest BCUT2D eigenvalue weighted by molar-refractivity contribution is 5.22. The summed E-state index contributed by atoms with van der Waals surface area (Å²) in [7, 11) is 0. The van der Waals surface area contributed by atoms with Crippen molar-refractivity contribution in [3.8, 4) is 0 Å². The summed E-state index contributed by atoms with van der Waals surface area (Å²) in [5.74, 6) is 0.636. The van der Waals surface area contributed by atoms with E-state index in [2.05, 4.69) is 67.5 Å². The SMILES string of the molecule is Cc1ccc(CC(NCCCc2cn[nH]c2C)C(C)C)cc1. The zero-order chi connectivity index (χ0) is 15.9. The molecule has 0 radical (unpaired) electrons. The molecule has 0 spiro atoms. The van der Waals surface area contributed by atoms with Crippen molar-refractivity contribution >= 4 is 0 Å². The van der Waals surface area contributed by atoms with Crippen molar-refractivity contribution in [1.82, 2.24) is 15.5 Å². The zero-order valence-electron chi connectivity index (χ0n) is 14.3. The lowest BCUT2D eigenvalue weighted by Crippen LogP contribution is -2.36. The first-order valence-electron chi connectivity index (χ1n) is 8.34. The normalized spacial score (nSPS) is 12.8. The van der Waals surface area contributed by atoms with Crippen LogP contribution in [0, 0.1) is 19.8 Å². The molecule has 0 aliphatic rings. The molecule has 0 saturated carbocycles. The molecule has 3 nitrogen and oxygen atoms in total. The Morgan fingerprint density at radius 1 is 1.14 bits per heavy atom. The quantitative estimate of drug-likeness (QED) is 0.728. The molecule has 1 unspecified atom stereocenters. The third-order valence-electron chi connectivity index (χ3n) is 4.34. The van der Waals surface area contributed by atoms with Crippen LogP contribution in [0.2, 0.25) is 0 Å². The third kappa shape index (κ3) is 4.99. The number of nitrogens with one attached hydrogen (secondary N) is 2. The van der Waals surface area contributed by atoms with E-state index in [0.717, 1.165) is 25.8 Å². The van der Waals surface area contributed by atoms with Gasteiger partial charge in [-0.15, -0.1) is 0 Å². The lowest BCUT2D eigenvalue weighted by atomic mass is 9.95. The topological polar surface area (TPSA) is 40.7 Å². The van der Waals surface area contributed by atoms with E-state index in [9.17, 15) is 0 Å². The zero-order valence-corrected chi connectivity index (χ0v) is 14.3. The molecular formula is C19H29N3. The Bertz CT molecular complexity index is 554. The van der Waals surface area contributed by atoms with Crippen molar-refractivity contribution in [2.45, 2.75) is 53.0 Å². The molecule has 22 heavy (non-hydrogen) atoms. The van der Waals surface area contributed by atoms with Gasteiger partial charge in [0.1, 0.15) is 0 Å². The molecule has 3 heteroatoms. The summed E-state index contributed by atoms with van der Waals surface area (Å²) < 4.78 is 0. The first kappa shape index (κ1) is 16.8. The predicted molar refractivity (Wildman–Crippen MR) is 93.2 cm³/mol. The maximum atomic E-state index is 4.08. The molecule has 1 aromatic carbocycles. The summed E-state index contributed by atoms with van der Waals surface area (Å²) in [6.07, 6.45) is 5.28. The molecule has 0 bridgehead atoms. The van der Waals surface area contributed by atoms with Gasteiger partial charge in [0.25, 0.3) is 0 Å². The predicted octanol–water partition coefficient (Wildman–Crippen LogP) is 3.82. The van der Waals surface area contributed by atoms with Crippen LogP contribution in [0.4, 0.5) is 0 Å². The summed E-state index contributed by atoms with van der Waals surface area (Å²) in [6, 6.07) is 9.44. The van der Waals surface area contributed by atoms with Crippen molar-refractivity contribution in [3.63, 3.8) is 0 Å². The lowest BCUT2D eigenvalue weighted by Gasteiger charge is -2.23. The van der Waals surface area contributed by atoms with Crippen molar-refractivity contribution in [1.29, 1.82) is 0 Å². The second-order valence-corrected chi connectivity index (χ2v) is 6.62. The lowest BCUT2D eigenvalue weighted by molar-refractivity contribution is 0.394. The van der Waals surface area contributed by atoms with Gasteiger partial charge in [-0.1, -0.05) is 43.7 Å². The fraction of sp³-hybridized carbons (Fsp3) is 0.526. The van der Waals surface area contributed by atoms with Gasteiger partial charge in [-0.2, -0.15) is 5.10 Å². The molecular weight excluding hydrogens is 270 g/mol. The van der Waals surface area contributed by atoms with Crippen LogP contribution in [0.1, 0.15) is 42.7 Å². The van der Waals surface area contributed by atoms with Gasteiger partial charge in [-0.3, -0.25) is 5.10 Å². The van der Waals surface area contributed by atoms with E-state index in [4.69, 9.17) is 0 Å². The number of aromatic amines is 1. The maximum absolute atomic E-state index is 4.08. The van der Waals surface area contributed by atoms with E-state index < -0.39 is 0 Å². The Morgan fingerprint density at radius 3 is 2.45 bits per heavy atom. The van der Waals surface area contributed by atoms with E-state index in [1.807, 2.05) is 6.20 Å². The Kier molecular flexibility index (Phi) is 6.20. The average Bonchev–Trinajstić information content (AvgIpc) is 2.89. The van der Waals surface area contributed by atoms with Crippen LogP contribution in [-0.4, -0.2) is 22.8 Å². The minimum atomic E-state index is 0.535. The smallest absolute Gasteiger partial charge is 0.0522 e. The van der Waals surface area contributed by atoms with Crippen molar-refractivity contribution in [2.75, 3.05) is 6.54 Å². The Hall–Kier alpha value is -1.61. The van der Waals surface area contributed by atoms with Gasteiger partial charge in [0.15, 0.2) is 0 Å². The van der Waals surface area contributed by atoms with Crippen LogP contribution in [0.5, 0.6) is 0 Å². The largest absolute Gasteiger partial charge is 0.313 e. The summed E-state index contributed by atoms with van der Waals surface area (Å²) in [4.78, 5) is 0. The molecule has 0 aliphatic heterocycles. The van der Waals surface area contributed by atoms with Gasteiger partial charge >= 0.3 is 0 Å². The number of aromatic nitrogens is 2. The van der Waals surface area contributed by atoms with Crippen LogP contribution in [0.15, 0.2) is 30.5 Å². The number of nitrogens with zero attached hydrogens (tertiary/aromatic N) is 1. The highest BCUT2D eigenvalue weighted by atomic mass is 15.1. The first-order valence-corrected chi connectivity index (χ1v) is 8.34. The molecule has 0 fully saturated rings. The van der Waals surface area contributed by atoms with Crippen LogP contribution in [0.3, 0.4) is 0 Å². The summed E-state index contributed by atoms with van der Waals surface area (Å²) in [5, 5.41) is 10.8. The molecule has 120 valence electrons. The van der Waals surface area contributed by atoms with E-state index >= 15 is 0 Å². The molecule has 2 N–H and O–H groups in total. The Balaban J connectivity index is 1.79. The van der Waals surface area contributed by atoms with E-state index in [0.29, 0.717) is 12.0 Å². The molecule has 2 rings (SSSR count). The fourth-order valence-corrected chi connectivity index (χ4v) is 2.72. The van der Waals surface area contributed by atoms with Gasteiger partial charge in [-0.25, -0.2) is 0 Å². The fourth-order valence-electron chi connectivity index (χ4n) is 2.72. The Labute approximate surface area is 134 Å². The third-order valence-corrected chi connectivity index (χ3v) is 4.34. The van der Waals surface area contributed by atoms with E-state index in [1.165, 1.54) is 22.4 Å². The summed E-state index contributed by atoms with van der Waals surface area (Å²) in [6.45, 7) is 9.88. The second-order valence-electron chi connectivity index (χ2n) is 6.62. The summed E-state index contributed by atoms with van der Waals surface area (Å²) in [5.41, 5.74) is 5.28. The second kappa shape index (κ2) is 8.14. The number of hydrogen-bond donors (Lipinski definition) is 2. The molecule has 2 aromatic rings. The van der Waals surface area contributed by atoms with E-state index in [-0.39, 0.29) is 0 Å². The molecule has 1 heterocycles. The highest BCUT2D eigenvalue weighted by Crippen LogP contribution is 2.12. The van der Waals surface area contributed by atoms with Crippen LogP contribution < -0.4 is 5.32 Å². The van der Waals surface area contributed by atoms with Crippen molar-refractivity contribution in [2.24, 2.45) is 5.92 Å². The van der Waals surface area contributed by atoms with Gasteiger partial charge < -0.3 is 5.32 Å². The van der Waals surface area contributed by atoms with E-state index in [1.54, 1.807) is 0 Å². The molecule has 0 aliphatic carbocycles. The number of H-pyrrole nitrogens is 1. The van der Waals surface area contributed by atoms with Gasteiger partial charge in [0.05, 0.1) is 6.20 Å². The van der Waals surface area contributed by atoms with Crippen LogP contribution in [0.25, 0.3) is 0 Å². The molecule has 1 aromatic heterocycles. The van der Waals surface area contributed by atoms with Gasteiger partial charge in [0.2, 0.25) is 0 Å². The minimum Gasteiger partial charge on any atom is -0.313 e. The Morgan fingerprint density at radius 2 is 1.86 bits per heavy atom.